The second kappa shape index (κ2) is 7.17. The molecule has 1 atom stereocenters. The molecule has 134 valence electrons. The lowest BCUT2D eigenvalue weighted by Gasteiger charge is -2.34. The summed E-state index contributed by atoms with van der Waals surface area (Å²) in [6, 6.07) is 17.3. The molecule has 0 spiro atoms. The van der Waals surface area contributed by atoms with Crippen LogP contribution in [0.2, 0.25) is 0 Å². The van der Waals surface area contributed by atoms with Gasteiger partial charge in [0.25, 0.3) is 0 Å². The standard InChI is InChI=1S/C20H22N4O2/c25-19(15-6-2-1-3-7-15)16-10-12-23(13-11-16)20(26)22-24-14-21-17-8-4-5-9-18(17)24/h1-9,14,16,19,25H,10-13H2,(H,22,26)/t19-/m1/s1. The number of nitrogens with zero attached hydrogens (tertiary/aromatic N) is 3. The molecular formula is C20H22N4O2. The minimum Gasteiger partial charge on any atom is -0.388 e. The average molecular weight is 350 g/mol. The Balaban J connectivity index is 1.36. The van der Waals surface area contributed by atoms with Crippen LogP contribution in [0.15, 0.2) is 60.9 Å². The van der Waals surface area contributed by atoms with Crippen molar-refractivity contribution in [3.8, 4) is 0 Å². The number of aliphatic hydroxyl groups is 1. The summed E-state index contributed by atoms with van der Waals surface area (Å²) in [5.74, 6) is 0.176. The summed E-state index contributed by atoms with van der Waals surface area (Å²) in [6.07, 6.45) is 2.72. The number of likely N-dealkylation sites (tertiary alicyclic amines) is 1. The van der Waals surface area contributed by atoms with E-state index in [9.17, 15) is 9.90 Å². The third-order valence-electron chi connectivity index (χ3n) is 5.08. The summed E-state index contributed by atoms with van der Waals surface area (Å²) in [5, 5.41) is 10.6. The lowest BCUT2D eigenvalue weighted by molar-refractivity contribution is 0.0680. The fourth-order valence-corrected chi connectivity index (χ4v) is 3.56. The van der Waals surface area contributed by atoms with Crippen molar-refractivity contribution in [1.29, 1.82) is 0 Å². The van der Waals surface area contributed by atoms with Crippen LogP contribution in [0.4, 0.5) is 4.79 Å². The van der Waals surface area contributed by atoms with Gasteiger partial charge < -0.3 is 10.0 Å². The van der Waals surface area contributed by atoms with Gasteiger partial charge in [0.15, 0.2) is 0 Å². The number of rotatable bonds is 3. The summed E-state index contributed by atoms with van der Waals surface area (Å²) in [6.45, 7) is 1.26. The summed E-state index contributed by atoms with van der Waals surface area (Å²) in [4.78, 5) is 18.6. The van der Waals surface area contributed by atoms with E-state index in [0.717, 1.165) is 29.4 Å². The first-order chi connectivity index (χ1) is 12.7. The van der Waals surface area contributed by atoms with Gasteiger partial charge in [0.05, 0.1) is 17.1 Å². The lowest BCUT2D eigenvalue weighted by Crippen LogP contribution is -2.44. The van der Waals surface area contributed by atoms with Gasteiger partial charge in [0, 0.05) is 13.1 Å². The second-order valence-corrected chi connectivity index (χ2v) is 6.70. The largest absolute Gasteiger partial charge is 0.388 e. The number of aliphatic hydroxyl groups excluding tert-OH is 1. The Hall–Kier alpha value is -2.86. The molecule has 6 heteroatoms. The van der Waals surface area contributed by atoms with E-state index < -0.39 is 6.10 Å². The maximum Gasteiger partial charge on any atom is 0.336 e. The first kappa shape index (κ1) is 16.6. The van der Waals surface area contributed by atoms with Gasteiger partial charge in [0.1, 0.15) is 6.33 Å². The van der Waals surface area contributed by atoms with Crippen molar-refractivity contribution >= 4 is 17.1 Å². The van der Waals surface area contributed by atoms with E-state index in [1.54, 1.807) is 15.9 Å². The van der Waals surface area contributed by atoms with Crippen LogP contribution >= 0.6 is 0 Å². The van der Waals surface area contributed by atoms with Gasteiger partial charge in [-0.25, -0.2) is 19.9 Å². The Kier molecular flexibility index (Phi) is 4.58. The van der Waals surface area contributed by atoms with Gasteiger partial charge in [-0.3, -0.25) is 0 Å². The van der Waals surface area contributed by atoms with Gasteiger partial charge in [0.2, 0.25) is 0 Å². The van der Waals surface area contributed by atoms with Crippen molar-refractivity contribution < 1.29 is 9.90 Å². The molecule has 0 bridgehead atoms. The predicted octanol–water partition coefficient (Wildman–Crippen LogP) is 3.15. The minimum absolute atomic E-state index is 0.138. The van der Waals surface area contributed by atoms with Gasteiger partial charge in [-0.05, 0) is 36.5 Å². The van der Waals surface area contributed by atoms with Crippen molar-refractivity contribution in [2.24, 2.45) is 5.92 Å². The third-order valence-corrected chi connectivity index (χ3v) is 5.08. The summed E-state index contributed by atoms with van der Waals surface area (Å²) < 4.78 is 1.66. The number of benzene rings is 2. The molecule has 2 N–H and O–H groups in total. The van der Waals surface area contributed by atoms with Gasteiger partial charge in [-0.1, -0.05) is 42.5 Å². The average Bonchev–Trinajstić information content (AvgIpc) is 3.11. The number of para-hydroxylation sites is 2. The number of carbonyl (C=O) groups excluding carboxylic acids is 1. The van der Waals surface area contributed by atoms with E-state index in [1.807, 2.05) is 54.6 Å². The Bertz CT molecular complexity index is 885. The fourth-order valence-electron chi connectivity index (χ4n) is 3.56. The molecule has 1 saturated heterocycles. The van der Waals surface area contributed by atoms with Gasteiger partial charge in [-0.2, -0.15) is 0 Å². The van der Waals surface area contributed by atoms with Crippen molar-refractivity contribution in [2.45, 2.75) is 18.9 Å². The van der Waals surface area contributed by atoms with Crippen LogP contribution in [0, 0.1) is 5.92 Å². The number of piperidine rings is 1. The molecule has 6 nitrogen and oxygen atoms in total. The van der Waals surface area contributed by atoms with Crippen molar-refractivity contribution in [3.63, 3.8) is 0 Å². The zero-order valence-corrected chi connectivity index (χ0v) is 14.5. The quantitative estimate of drug-likeness (QED) is 0.762. The van der Waals surface area contributed by atoms with E-state index in [-0.39, 0.29) is 11.9 Å². The zero-order chi connectivity index (χ0) is 17.9. The van der Waals surface area contributed by atoms with Crippen LogP contribution in [0.1, 0.15) is 24.5 Å². The van der Waals surface area contributed by atoms with Gasteiger partial charge >= 0.3 is 6.03 Å². The molecule has 3 aromatic rings. The highest BCUT2D eigenvalue weighted by atomic mass is 16.3. The van der Waals surface area contributed by atoms with Crippen LogP contribution in [0.25, 0.3) is 11.0 Å². The zero-order valence-electron chi connectivity index (χ0n) is 14.5. The fraction of sp³-hybridized carbons (Fsp3) is 0.300. The number of fused-ring (bicyclic) bond motifs is 1. The molecule has 1 fully saturated rings. The Morgan fingerprint density at radius 2 is 1.77 bits per heavy atom. The van der Waals surface area contributed by atoms with E-state index in [0.29, 0.717) is 13.1 Å². The molecule has 2 amide bonds. The number of nitrogens with one attached hydrogen (secondary N) is 1. The van der Waals surface area contributed by atoms with E-state index in [4.69, 9.17) is 0 Å². The highest BCUT2D eigenvalue weighted by molar-refractivity contribution is 5.85. The summed E-state index contributed by atoms with van der Waals surface area (Å²) in [7, 11) is 0. The normalized spacial score (nSPS) is 16.6. The molecule has 1 aliphatic heterocycles. The SMILES string of the molecule is O=C(Nn1cnc2ccccc21)N1CCC([C@H](O)c2ccccc2)CC1. The maximum atomic E-state index is 12.6. The summed E-state index contributed by atoms with van der Waals surface area (Å²) >= 11 is 0. The van der Waals surface area contributed by atoms with Crippen LogP contribution < -0.4 is 5.43 Å². The highest BCUT2D eigenvalue weighted by Crippen LogP contribution is 2.30. The first-order valence-electron chi connectivity index (χ1n) is 8.93. The van der Waals surface area contributed by atoms with E-state index in [1.165, 1.54) is 0 Å². The minimum atomic E-state index is -0.473. The van der Waals surface area contributed by atoms with Crippen molar-refractivity contribution in [3.05, 3.63) is 66.5 Å². The molecule has 2 aromatic carbocycles. The first-order valence-corrected chi connectivity index (χ1v) is 8.93. The second-order valence-electron chi connectivity index (χ2n) is 6.70. The van der Waals surface area contributed by atoms with E-state index >= 15 is 0 Å². The third kappa shape index (κ3) is 3.28. The topological polar surface area (TPSA) is 70.4 Å². The molecule has 1 aliphatic rings. The molecule has 0 radical (unpaired) electrons. The number of carbonyl (C=O) groups is 1. The van der Waals surface area contributed by atoms with Gasteiger partial charge in [-0.15, -0.1) is 0 Å². The molecular weight excluding hydrogens is 328 g/mol. The molecule has 4 rings (SSSR count). The van der Waals surface area contributed by atoms with Crippen LogP contribution in [-0.4, -0.2) is 38.8 Å². The molecule has 2 heterocycles. The maximum absolute atomic E-state index is 12.6. The predicted molar refractivity (Wildman–Crippen MR) is 100 cm³/mol. The monoisotopic (exact) mass is 350 g/mol. The number of amides is 2. The Labute approximate surface area is 152 Å². The number of urea groups is 1. The Morgan fingerprint density at radius 1 is 1.08 bits per heavy atom. The number of imidazole rings is 1. The lowest BCUT2D eigenvalue weighted by atomic mass is 9.87. The Morgan fingerprint density at radius 3 is 2.54 bits per heavy atom. The smallest absolute Gasteiger partial charge is 0.336 e. The van der Waals surface area contributed by atoms with E-state index in [2.05, 4.69) is 10.4 Å². The van der Waals surface area contributed by atoms with Crippen molar-refractivity contribution in [2.75, 3.05) is 18.5 Å². The van der Waals surface area contributed by atoms with Crippen molar-refractivity contribution in [1.82, 2.24) is 14.6 Å². The number of hydrogen-bond acceptors (Lipinski definition) is 3. The number of hydrogen-bond donors (Lipinski definition) is 2. The highest BCUT2D eigenvalue weighted by Gasteiger charge is 2.28. The molecule has 0 saturated carbocycles. The number of aromatic nitrogens is 2. The molecule has 0 aliphatic carbocycles. The van der Waals surface area contributed by atoms with Crippen LogP contribution in [-0.2, 0) is 0 Å². The molecule has 26 heavy (non-hydrogen) atoms. The molecule has 1 aromatic heterocycles. The van der Waals surface area contributed by atoms with Crippen LogP contribution in [0.5, 0.6) is 0 Å². The molecule has 0 unspecified atom stereocenters. The summed E-state index contributed by atoms with van der Waals surface area (Å²) in [5.41, 5.74) is 5.55. The van der Waals surface area contributed by atoms with Crippen LogP contribution in [0.3, 0.4) is 0 Å².